The van der Waals surface area contributed by atoms with Gasteiger partial charge in [0.1, 0.15) is 0 Å². The van der Waals surface area contributed by atoms with E-state index in [2.05, 4.69) is 62.5 Å². The summed E-state index contributed by atoms with van der Waals surface area (Å²) in [6, 6.07) is 13.6. The Morgan fingerprint density at radius 1 is 0.842 bits per heavy atom. The summed E-state index contributed by atoms with van der Waals surface area (Å²) in [7, 11) is 0. The van der Waals surface area contributed by atoms with Crippen molar-refractivity contribution >= 4 is 0 Å². The molecule has 98 valence electrons. The van der Waals surface area contributed by atoms with Gasteiger partial charge in [-0.2, -0.15) is 0 Å². The zero-order valence-corrected chi connectivity index (χ0v) is 12.0. The summed E-state index contributed by atoms with van der Waals surface area (Å²) in [5.74, 6) is 0. The van der Waals surface area contributed by atoms with Crippen LogP contribution in [0.2, 0.25) is 0 Å². The molecule has 0 spiro atoms. The fourth-order valence-corrected chi connectivity index (χ4v) is 3.35. The van der Waals surface area contributed by atoms with Crippen LogP contribution in [0.4, 0.5) is 0 Å². The maximum Gasteiger partial charge on any atom is 0.0587 e. The minimum atomic E-state index is 0.353. The zero-order valence-electron chi connectivity index (χ0n) is 12.0. The Hall–Kier alpha value is -1.60. The van der Waals surface area contributed by atoms with E-state index in [0.717, 1.165) is 13.0 Å². The third-order valence-electron chi connectivity index (χ3n) is 4.28. The number of nitrogens with one attached hydrogen (secondary N) is 1. The van der Waals surface area contributed by atoms with Crippen LogP contribution in [0.5, 0.6) is 0 Å². The minimum absolute atomic E-state index is 0.353. The van der Waals surface area contributed by atoms with E-state index < -0.39 is 0 Å². The van der Waals surface area contributed by atoms with Crippen molar-refractivity contribution in [2.24, 2.45) is 0 Å². The molecule has 2 aromatic carbocycles. The SMILES string of the molecule is Cc1cccc(C)c1[C@@H]1NCCc2cccc(C)c21. The van der Waals surface area contributed by atoms with Crippen molar-refractivity contribution in [1.82, 2.24) is 5.32 Å². The Kier molecular flexibility index (Phi) is 3.16. The molecule has 1 N–H and O–H groups in total. The molecule has 0 unspecified atom stereocenters. The van der Waals surface area contributed by atoms with Crippen LogP contribution in [-0.2, 0) is 6.42 Å². The second-order valence-corrected chi connectivity index (χ2v) is 5.59. The molecule has 0 radical (unpaired) electrons. The summed E-state index contributed by atoms with van der Waals surface area (Å²) >= 11 is 0. The van der Waals surface area contributed by atoms with E-state index in [4.69, 9.17) is 0 Å². The summed E-state index contributed by atoms with van der Waals surface area (Å²) in [4.78, 5) is 0. The smallest absolute Gasteiger partial charge is 0.0587 e. The number of hydrogen-bond acceptors (Lipinski definition) is 1. The topological polar surface area (TPSA) is 12.0 Å². The Bertz CT molecular complexity index is 593. The minimum Gasteiger partial charge on any atom is -0.306 e. The molecule has 1 aliphatic rings. The van der Waals surface area contributed by atoms with Crippen molar-refractivity contribution in [1.29, 1.82) is 0 Å². The van der Waals surface area contributed by atoms with E-state index >= 15 is 0 Å². The first kappa shape index (κ1) is 12.4. The standard InChI is InChI=1S/C18H21N/c1-12-6-4-7-13(2)16(12)18-17-14(3)8-5-9-15(17)10-11-19-18/h4-9,18-19H,10-11H2,1-3H3/t18-/m0/s1. The molecule has 0 bridgehead atoms. The van der Waals surface area contributed by atoms with Crippen LogP contribution in [-0.4, -0.2) is 6.54 Å². The Balaban J connectivity index is 2.19. The highest BCUT2D eigenvalue weighted by Crippen LogP contribution is 2.34. The fourth-order valence-electron chi connectivity index (χ4n) is 3.35. The average Bonchev–Trinajstić information content (AvgIpc) is 2.39. The lowest BCUT2D eigenvalue weighted by Crippen LogP contribution is -2.32. The first-order valence-corrected chi connectivity index (χ1v) is 7.06. The van der Waals surface area contributed by atoms with Crippen LogP contribution >= 0.6 is 0 Å². The quantitative estimate of drug-likeness (QED) is 0.812. The van der Waals surface area contributed by atoms with Crippen molar-refractivity contribution in [3.8, 4) is 0 Å². The molecule has 1 atom stereocenters. The highest BCUT2D eigenvalue weighted by atomic mass is 14.9. The van der Waals surface area contributed by atoms with Gasteiger partial charge in [-0.3, -0.25) is 0 Å². The van der Waals surface area contributed by atoms with Crippen LogP contribution in [0.3, 0.4) is 0 Å². The van der Waals surface area contributed by atoms with Gasteiger partial charge in [-0.15, -0.1) is 0 Å². The lowest BCUT2D eigenvalue weighted by molar-refractivity contribution is 0.561. The number of aryl methyl sites for hydroxylation is 3. The Morgan fingerprint density at radius 2 is 1.42 bits per heavy atom. The van der Waals surface area contributed by atoms with Gasteiger partial charge in [0.15, 0.2) is 0 Å². The molecule has 1 heteroatoms. The van der Waals surface area contributed by atoms with Gasteiger partial charge in [0.2, 0.25) is 0 Å². The Labute approximate surface area is 115 Å². The van der Waals surface area contributed by atoms with Crippen LogP contribution in [0.1, 0.15) is 39.4 Å². The lowest BCUT2D eigenvalue weighted by Gasteiger charge is -2.31. The van der Waals surface area contributed by atoms with Gasteiger partial charge >= 0.3 is 0 Å². The van der Waals surface area contributed by atoms with Crippen LogP contribution < -0.4 is 5.32 Å². The maximum absolute atomic E-state index is 3.71. The molecule has 0 fully saturated rings. The summed E-state index contributed by atoms with van der Waals surface area (Å²) in [5, 5.41) is 3.71. The van der Waals surface area contributed by atoms with Gasteiger partial charge in [0.05, 0.1) is 6.04 Å². The van der Waals surface area contributed by atoms with Crippen LogP contribution in [0.25, 0.3) is 0 Å². The zero-order chi connectivity index (χ0) is 13.4. The summed E-state index contributed by atoms with van der Waals surface area (Å²) in [6.07, 6.45) is 1.14. The predicted octanol–water partition coefficient (Wildman–Crippen LogP) is 3.85. The van der Waals surface area contributed by atoms with Crippen molar-refractivity contribution in [3.05, 3.63) is 69.8 Å². The largest absolute Gasteiger partial charge is 0.306 e. The number of fused-ring (bicyclic) bond motifs is 1. The molecule has 2 aromatic rings. The fraction of sp³-hybridized carbons (Fsp3) is 0.333. The van der Waals surface area contributed by atoms with E-state index in [0.29, 0.717) is 6.04 Å². The van der Waals surface area contributed by atoms with E-state index in [1.54, 1.807) is 0 Å². The molecule has 0 aromatic heterocycles. The Morgan fingerprint density at radius 3 is 2.11 bits per heavy atom. The highest BCUT2D eigenvalue weighted by Gasteiger charge is 2.24. The van der Waals surface area contributed by atoms with Crippen LogP contribution in [0.15, 0.2) is 36.4 Å². The molecule has 1 heterocycles. The van der Waals surface area contributed by atoms with E-state index in [9.17, 15) is 0 Å². The van der Waals surface area contributed by atoms with Crippen molar-refractivity contribution in [3.63, 3.8) is 0 Å². The lowest BCUT2D eigenvalue weighted by atomic mass is 9.83. The van der Waals surface area contributed by atoms with Crippen molar-refractivity contribution in [2.45, 2.75) is 33.2 Å². The number of benzene rings is 2. The van der Waals surface area contributed by atoms with Crippen molar-refractivity contribution in [2.75, 3.05) is 6.54 Å². The van der Waals surface area contributed by atoms with E-state index in [-0.39, 0.29) is 0 Å². The van der Waals surface area contributed by atoms with Gasteiger partial charge in [-0.25, -0.2) is 0 Å². The molecule has 1 nitrogen and oxygen atoms in total. The summed E-state index contributed by atoms with van der Waals surface area (Å²) in [5.41, 5.74) is 8.62. The molecule has 0 amide bonds. The predicted molar refractivity (Wildman–Crippen MR) is 80.6 cm³/mol. The van der Waals surface area contributed by atoms with Gasteiger partial charge in [-0.05, 0) is 60.6 Å². The molecular weight excluding hydrogens is 230 g/mol. The third-order valence-corrected chi connectivity index (χ3v) is 4.28. The second-order valence-electron chi connectivity index (χ2n) is 5.59. The second kappa shape index (κ2) is 4.82. The van der Waals surface area contributed by atoms with Crippen molar-refractivity contribution < 1.29 is 0 Å². The van der Waals surface area contributed by atoms with Gasteiger partial charge in [0.25, 0.3) is 0 Å². The average molecular weight is 251 g/mol. The molecule has 3 rings (SSSR count). The highest BCUT2D eigenvalue weighted by molar-refractivity contribution is 5.48. The van der Waals surface area contributed by atoms with Crippen LogP contribution in [0, 0.1) is 20.8 Å². The maximum atomic E-state index is 3.71. The molecule has 0 saturated carbocycles. The molecule has 19 heavy (non-hydrogen) atoms. The molecule has 1 aliphatic heterocycles. The first-order chi connectivity index (χ1) is 9.18. The van der Waals surface area contributed by atoms with Gasteiger partial charge in [0, 0.05) is 6.54 Å². The van der Waals surface area contributed by atoms with Gasteiger partial charge < -0.3 is 5.32 Å². The molecule has 0 saturated heterocycles. The first-order valence-electron chi connectivity index (χ1n) is 7.06. The molecular formula is C18H21N. The van der Waals surface area contributed by atoms with E-state index in [1.165, 1.54) is 33.4 Å². The summed E-state index contributed by atoms with van der Waals surface area (Å²) in [6.45, 7) is 7.73. The van der Waals surface area contributed by atoms with Gasteiger partial charge in [-0.1, -0.05) is 36.4 Å². The number of rotatable bonds is 1. The monoisotopic (exact) mass is 251 g/mol. The normalized spacial score (nSPS) is 18.2. The third kappa shape index (κ3) is 2.08. The van der Waals surface area contributed by atoms with E-state index in [1.807, 2.05) is 0 Å². The number of hydrogen-bond donors (Lipinski definition) is 1. The summed E-state index contributed by atoms with van der Waals surface area (Å²) < 4.78 is 0. The molecule has 0 aliphatic carbocycles.